The predicted molar refractivity (Wildman–Crippen MR) is 116 cm³/mol. The maximum atomic E-state index is 13.2. The number of carbonyl (C=O) groups excluding carboxylic acids is 2. The maximum absolute atomic E-state index is 13.2. The molecular formula is C23H29ClN2O3. The molecule has 156 valence electrons. The molecule has 2 aromatic rings. The summed E-state index contributed by atoms with van der Waals surface area (Å²) in [5.41, 5.74) is 1.68. The number of amides is 2. The van der Waals surface area contributed by atoms with Crippen LogP contribution in [-0.4, -0.2) is 36.4 Å². The lowest BCUT2D eigenvalue weighted by atomic mass is 10.1. The number of hydrogen-bond donors (Lipinski definition) is 1. The highest BCUT2D eigenvalue weighted by Crippen LogP contribution is 2.21. The van der Waals surface area contributed by atoms with Crippen molar-refractivity contribution in [1.29, 1.82) is 0 Å². The van der Waals surface area contributed by atoms with Gasteiger partial charge < -0.3 is 15.0 Å². The molecule has 0 aliphatic rings. The van der Waals surface area contributed by atoms with E-state index in [0.29, 0.717) is 18.0 Å². The zero-order valence-electron chi connectivity index (χ0n) is 17.3. The van der Waals surface area contributed by atoms with Crippen LogP contribution < -0.4 is 10.1 Å². The Hall–Kier alpha value is -2.53. The lowest BCUT2D eigenvalue weighted by molar-refractivity contribution is -0.140. The molecule has 5 nitrogen and oxygen atoms in total. The van der Waals surface area contributed by atoms with E-state index in [9.17, 15) is 9.59 Å². The number of hydrogen-bond acceptors (Lipinski definition) is 3. The first kappa shape index (κ1) is 22.8. The number of halogens is 1. The third-order valence-electron chi connectivity index (χ3n) is 4.75. The van der Waals surface area contributed by atoms with Crippen LogP contribution in [0.25, 0.3) is 0 Å². The van der Waals surface area contributed by atoms with E-state index in [0.717, 1.165) is 23.3 Å². The Kier molecular flexibility index (Phi) is 9.00. The van der Waals surface area contributed by atoms with E-state index in [2.05, 4.69) is 5.32 Å². The van der Waals surface area contributed by atoms with Gasteiger partial charge in [0.25, 0.3) is 0 Å². The fourth-order valence-electron chi connectivity index (χ4n) is 3.12. The first-order valence-electron chi connectivity index (χ1n) is 9.93. The van der Waals surface area contributed by atoms with E-state index >= 15 is 0 Å². The van der Waals surface area contributed by atoms with Gasteiger partial charge in [0.2, 0.25) is 11.8 Å². The third-order valence-corrected chi connectivity index (χ3v) is 5.12. The van der Waals surface area contributed by atoms with Crippen LogP contribution in [0.1, 0.15) is 37.8 Å². The Balaban J connectivity index is 2.27. The maximum Gasteiger partial charge on any atom is 0.242 e. The van der Waals surface area contributed by atoms with Crippen molar-refractivity contribution in [2.75, 3.05) is 13.7 Å². The molecule has 0 aliphatic heterocycles. The van der Waals surface area contributed by atoms with Crippen molar-refractivity contribution in [3.8, 4) is 5.75 Å². The predicted octanol–water partition coefficient (Wildman–Crippen LogP) is 4.22. The number of carbonyl (C=O) groups is 2. The fraction of sp³-hybridized carbons (Fsp3) is 0.391. The normalized spacial score (nSPS) is 11.6. The molecule has 1 atom stereocenters. The number of benzene rings is 2. The minimum atomic E-state index is -0.552. The molecule has 1 unspecified atom stereocenters. The quantitative estimate of drug-likeness (QED) is 0.630. The molecule has 29 heavy (non-hydrogen) atoms. The zero-order valence-corrected chi connectivity index (χ0v) is 18.0. The van der Waals surface area contributed by atoms with Crippen molar-refractivity contribution in [3.05, 3.63) is 64.7 Å². The number of nitrogens with zero attached hydrogens (tertiary/aromatic N) is 1. The monoisotopic (exact) mass is 416 g/mol. The van der Waals surface area contributed by atoms with Gasteiger partial charge in [-0.2, -0.15) is 0 Å². The van der Waals surface area contributed by atoms with Gasteiger partial charge in [-0.1, -0.05) is 55.8 Å². The molecule has 0 saturated heterocycles. The van der Waals surface area contributed by atoms with Crippen LogP contribution in [0.3, 0.4) is 0 Å². The van der Waals surface area contributed by atoms with Crippen molar-refractivity contribution in [2.24, 2.45) is 0 Å². The van der Waals surface area contributed by atoms with Gasteiger partial charge in [-0.3, -0.25) is 9.59 Å². The second kappa shape index (κ2) is 11.5. The van der Waals surface area contributed by atoms with Crippen LogP contribution in [0.5, 0.6) is 5.75 Å². The molecular weight excluding hydrogens is 388 g/mol. The van der Waals surface area contributed by atoms with Crippen LogP contribution in [0.4, 0.5) is 0 Å². The zero-order chi connectivity index (χ0) is 21.2. The summed E-state index contributed by atoms with van der Waals surface area (Å²) >= 11 is 6.33. The summed E-state index contributed by atoms with van der Waals surface area (Å²) in [6.45, 7) is 4.78. The lowest BCUT2D eigenvalue weighted by Gasteiger charge is -2.31. The van der Waals surface area contributed by atoms with Gasteiger partial charge in [0, 0.05) is 18.1 Å². The smallest absolute Gasteiger partial charge is 0.242 e. The Morgan fingerprint density at radius 2 is 1.79 bits per heavy atom. The summed E-state index contributed by atoms with van der Waals surface area (Å²) < 4.78 is 5.18. The SMILES string of the molecule is CCCNC(=O)C(CC)N(Cc1ccccc1Cl)C(=O)Cc1ccc(OC)cc1. The van der Waals surface area contributed by atoms with Gasteiger partial charge >= 0.3 is 0 Å². The van der Waals surface area contributed by atoms with Gasteiger partial charge in [0.1, 0.15) is 11.8 Å². The van der Waals surface area contributed by atoms with Crippen LogP contribution >= 0.6 is 11.6 Å². The largest absolute Gasteiger partial charge is 0.497 e. The topological polar surface area (TPSA) is 58.6 Å². The molecule has 0 aliphatic carbocycles. The van der Waals surface area contributed by atoms with Crippen LogP contribution in [-0.2, 0) is 22.6 Å². The van der Waals surface area contributed by atoms with Crippen LogP contribution in [0, 0.1) is 0 Å². The Morgan fingerprint density at radius 1 is 1.10 bits per heavy atom. The summed E-state index contributed by atoms with van der Waals surface area (Å²) in [5.74, 6) is 0.484. The molecule has 0 spiro atoms. The van der Waals surface area contributed by atoms with Crippen molar-refractivity contribution in [3.63, 3.8) is 0 Å². The van der Waals surface area contributed by atoms with Crippen molar-refractivity contribution < 1.29 is 14.3 Å². The molecule has 0 heterocycles. The first-order chi connectivity index (χ1) is 14.0. The molecule has 0 radical (unpaired) electrons. The van der Waals surface area contributed by atoms with Crippen LogP contribution in [0.2, 0.25) is 5.02 Å². The Labute approximate surface area is 178 Å². The van der Waals surface area contributed by atoms with E-state index in [-0.39, 0.29) is 24.8 Å². The highest BCUT2D eigenvalue weighted by Gasteiger charge is 2.28. The minimum absolute atomic E-state index is 0.117. The molecule has 1 N–H and O–H groups in total. The summed E-state index contributed by atoms with van der Waals surface area (Å²) in [7, 11) is 1.60. The Bertz CT molecular complexity index is 808. The fourth-order valence-corrected chi connectivity index (χ4v) is 3.31. The Morgan fingerprint density at radius 3 is 2.38 bits per heavy atom. The van der Waals surface area contributed by atoms with Crippen molar-refractivity contribution in [1.82, 2.24) is 10.2 Å². The van der Waals surface area contributed by atoms with E-state index in [4.69, 9.17) is 16.3 Å². The molecule has 2 amide bonds. The second-order valence-electron chi connectivity index (χ2n) is 6.85. The number of nitrogens with one attached hydrogen (secondary N) is 1. The van der Waals surface area contributed by atoms with E-state index in [1.165, 1.54) is 0 Å². The number of rotatable bonds is 10. The van der Waals surface area contributed by atoms with Gasteiger partial charge in [-0.25, -0.2) is 0 Å². The lowest BCUT2D eigenvalue weighted by Crippen LogP contribution is -2.49. The summed E-state index contributed by atoms with van der Waals surface area (Å²) in [6, 6.07) is 14.2. The second-order valence-corrected chi connectivity index (χ2v) is 7.26. The van der Waals surface area contributed by atoms with Gasteiger partial charge in [0.15, 0.2) is 0 Å². The number of methoxy groups -OCH3 is 1. The molecule has 0 saturated carbocycles. The highest BCUT2D eigenvalue weighted by molar-refractivity contribution is 6.31. The molecule has 0 bridgehead atoms. The standard InChI is InChI=1S/C23H29ClN2O3/c1-4-14-25-23(28)21(5-2)26(16-18-8-6-7-9-20(18)24)22(27)15-17-10-12-19(29-3)13-11-17/h6-13,21H,4-5,14-16H2,1-3H3,(H,25,28). The molecule has 2 aromatic carbocycles. The summed E-state index contributed by atoms with van der Waals surface area (Å²) in [5, 5.41) is 3.50. The van der Waals surface area contributed by atoms with Gasteiger partial charge in [-0.15, -0.1) is 0 Å². The average molecular weight is 417 g/mol. The van der Waals surface area contributed by atoms with E-state index in [1.54, 1.807) is 18.1 Å². The van der Waals surface area contributed by atoms with Crippen molar-refractivity contribution >= 4 is 23.4 Å². The van der Waals surface area contributed by atoms with E-state index < -0.39 is 6.04 Å². The van der Waals surface area contributed by atoms with Crippen LogP contribution in [0.15, 0.2) is 48.5 Å². The van der Waals surface area contributed by atoms with Gasteiger partial charge in [0.05, 0.1) is 13.5 Å². The third kappa shape index (κ3) is 6.50. The molecule has 0 aromatic heterocycles. The average Bonchev–Trinajstić information content (AvgIpc) is 2.73. The van der Waals surface area contributed by atoms with E-state index in [1.807, 2.05) is 56.3 Å². The molecule has 6 heteroatoms. The minimum Gasteiger partial charge on any atom is -0.497 e. The molecule has 2 rings (SSSR count). The summed E-state index contributed by atoms with van der Waals surface area (Å²) in [4.78, 5) is 27.6. The van der Waals surface area contributed by atoms with Crippen molar-refractivity contribution in [2.45, 2.75) is 45.7 Å². The molecule has 0 fully saturated rings. The van der Waals surface area contributed by atoms with Gasteiger partial charge in [-0.05, 0) is 42.2 Å². The number of ether oxygens (including phenoxy) is 1. The highest BCUT2D eigenvalue weighted by atomic mass is 35.5. The summed E-state index contributed by atoms with van der Waals surface area (Å²) in [6.07, 6.45) is 1.56. The first-order valence-corrected chi connectivity index (χ1v) is 10.3.